The zero-order valence-electron chi connectivity index (χ0n) is 18.0. The van der Waals surface area contributed by atoms with Crippen molar-refractivity contribution in [2.24, 2.45) is 0 Å². The molecule has 5 rings (SSSR count). The number of amides is 1. The topological polar surface area (TPSA) is 70.2 Å². The van der Waals surface area contributed by atoms with Gasteiger partial charge in [0.2, 0.25) is 5.95 Å². The predicted molar refractivity (Wildman–Crippen MR) is 123 cm³/mol. The Morgan fingerprint density at radius 1 is 1.23 bits per heavy atom. The van der Waals surface area contributed by atoms with E-state index in [0.717, 1.165) is 66.2 Å². The molecule has 2 N–H and O–H groups in total. The molecule has 1 aromatic carbocycles. The Morgan fingerprint density at radius 3 is 2.83 bits per heavy atom. The molecule has 0 spiro atoms. The molecule has 6 heteroatoms. The number of carbonyl (C=O) groups excluding carboxylic acids is 1. The largest absolute Gasteiger partial charge is 0.351 e. The first-order chi connectivity index (χ1) is 14.4. The Hall–Kier alpha value is -2.73. The highest BCUT2D eigenvalue weighted by Crippen LogP contribution is 2.36. The van der Waals surface area contributed by atoms with Gasteiger partial charge >= 0.3 is 0 Å². The van der Waals surface area contributed by atoms with E-state index in [0.29, 0.717) is 12.6 Å². The number of likely N-dealkylation sites (tertiary alicyclic amines) is 1. The Morgan fingerprint density at radius 2 is 2.03 bits per heavy atom. The van der Waals surface area contributed by atoms with Crippen LogP contribution in [0.1, 0.15) is 62.3 Å². The molecule has 6 nitrogen and oxygen atoms in total. The van der Waals surface area contributed by atoms with E-state index in [4.69, 9.17) is 4.98 Å². The van der Waals surface area contributed by atoms with E-state index in [-0.39, 0.29) is 14.2 Å². The van der Waals surface area contributed by atoms with Crippen molar-refractivity contribution >= 4 is 17.4 Å². The minimum Gasteiger partial charge on any atom is -0.351 e. The van der Waals surface area contributed by atoms with Crippen LogP contribution in [-0.4, -0.2) is 53.5 Å². The first kappa shape index (κ1) is 19.2. The number of rotatable bonds is 3. The standard InChI is InChI=1S/C24H29N5O.2H2/c1-24(2)14-26-22(30)18-5-4-15(12-20(18)24)17-6-7-21-19(17)13-25-23(28-21)27-16-8-10-29(3)11-9-16;;/h4-6,12-13,16H,7-11,14H2,1-3H3,(H,26,30)(H,25,27,28);2*1H. The fourth-order valence-electron chi connectivity index (χ4n) is 4.75. The number of carbonyl (C=O) groups is 1. The third-order valence-corrected chi connectivity index (χ3v) is 6.70. The van der Waals surface area contributed by atoms with Crippen molar-refractivity contribution in [1.29, 1.82) is 0 Å². The van der Waals surface area contributed by atoms with Crippen LogP contribution in [0.5, 0.6) is 0 Å². The van der Waals surface area contributed by atoms with Gasteiger partial charge in [-0.25, -0.2) is 9.97 Å². The molecule has 3 heterocycles. The number of hydrogen-bond donors (Lipinski definition) is 2. The number of benzene rings is 1. The van der Waals surface area contributed by atoms with E-state index in [2.05, 4.69) is 53.6 Å². The van der Waals surface area contributed by atoms with Gasteiger partial charge in [-0.1, -0.05) is 26.0 Å². The van der Waals surface area contributed by atoms with E-state index in [1.54, 1.807) is 0 Å². The van der Waals surface area contributed by atoms with Crippen molar-refractivity contribution in [2.75, 3.05) is 32.0 Å². The number of allylic oxidation sites excluding steroid dienone is 1. The van der Waals surface area contributed by atoms with Gasteiger partial charge in [-0.2, -0.15) is 0 Å². The molecule has 1 amide bonds. The van der Waals surface area contributed by atoms with Crippen molar-refractivity contribution in [3.63, 3.8) is 0 Å². The number of piperidine rings is 1. The predicted octanol–water partition coefficient (Wildman–Crippen LogP) is 3.48. The summed E-state index contributed by atoms with van der Waals surface area (Å²) in [5.74, 6) is 0.755. The summed E-state index contributed by atoms with van der Waals surface area (Å²) >= 11 is 0. The molecular weight excluding hydrogens is 374 g/mol. The number of nitrogens with one attached hydrogen (secondary N) is 2. The molecular formula is C24H33N5O. The lowest BCUT2D eigenvalue weighted by Gasteiger charge is -2.33. The van der Waals surface area contributed by atoms with E-state index < -0.39 is 0 Å². The van der Waals surface area contributed by atoms with Crippen molar-refractivity contribution in [3.05, 3.63) is 58.4 Å². The lowest BCUT2D eigenvalue weighted by Crippen LogP contribution is -2.43. The second-order valence-corrected chi connectivity index (χ2v) is 9.42. The van der Waals surface area contributed by atoms with Crippen LogP contribution in [0.15, 0.2) is 30.5 Å². The Bertz CT molecular complexity index is 1040. The molecule has 1 aromatic heterocycles. The van der Waals surface area contributed by atoms with E-state index in [1.807, 2.05) is 18.3 Å². The Kier molecular flexibility index (Phi) is 4.62. The molecule has 2 aromatic rings. The summed E-state index contributed by atoms with van der Waals surface area (Å²) in [4.78, 5) is 24.1. The zero-order chi connectivity index (χ0) is 20.9. The average Bonchev–Trinajstić information content (AvgIpc) is 3.16. The van der Waals surface area contributed by atoms with Crippen LogP contribution >= 0.6 is 0 Å². The maximum atomic E-state index is 12.3. The molecule has 0 unspecified atom stereocenters. The Labute approximate surface area is 180 Å². The van der Waals surface area contributed by atoms with Crippen LogP contribution in [0, 0.1) is 0 Å². The molecule has 1 fully saturated rings. The second kappa shape index (κ2) is 7.20. The fraction of sp³-hybridized carbons (Fsp3) is 0.458. The quantitative estimate of drug-likeness (QED) is 0.815. The normalized spacial score (nSPS) is 20.9. The van der Waals surface area contributed by atoms with Gasteiger partial charge in [0.15, 0.2) is 0 Å². The maximum absolute atomic E-state index is 12.3. The summed E-state index contributed by atoms with van der Waals surface area (Å²) in [5, 5.41) is 6.52. The van der Waals surface area contributed by atoms with Gasteiger partial charge in [-0.3, -0.25) is 4.79 Å². The lowest BCUT2D eigenvalue weighted by atomic mass is 9.77. The SMILES string of the molecule is CN1CCC(Nc2ncc3c(n2)CC=C3c2ccc3c(c2)C(C)(C)CNC3=O)CC1.[HH].[HH]. The minimum absolute atomic E-state index is 0. The summed E-state index contributed by atoms with van der Waals surface area (Å²) in [6, 6.07) is 6.63. The van der Waals surface area contributed by atoms with E-state index in [9.17, 15) is 4.79 Å². The average molecular weight is 408 g/mol. The molecule has 0 saturated carbocycles. The Balaban J connectivity index is 0.00000144. The molecule has 2 aliphatic heterocycles. The first-order valence-electron chi connectivity index (χ1n) is 10.9. The number of aromatic nitrogens is 2. The number of hydrogen-bond acceptors (Lipinski definition) is 5. The van der Waals surface area contributed by atoms with Crippen LogP contribution in [-0.2, 0) is 11.8 Å². The zero-order valence-corrected chi connectivity index (χ0v) is 18.0. The molecule has 160 valence electrons. The smallest absolute Gasteiger partial charge is 0.251 e. The van der Waals surface area contributed by atoms with Crippen LogP contribution in [0.3, 0.4) is 0 Å². The molecule has 0 atom stereocenters. The summed E-state index contributed by atoms with van der Waals surface area (Å²) in [5.41, 5.74) is 6.28. The summed E-state index contributed by atoms with van der Waals surface area (Å²) in [6.45, 7) is 7.24. The maximum Gasteiger partial charge on any atom is 0.251 e. The summed E-state index contributed by atoms with van der Waals surface area (Å²) in [7, 11) is 2.17. The fourth-order valence-corrected chi connectivity index (χ4v) is 4.75. The molecule has 30 heavy (non-hydrogen) atoms. The van der Waals surface area contributed by atoms with Gasteiger partial charge in [-0.05, 0) is 61.8 Å². The third-order valence-electron chi connectivity index (χ3n) is 6.70. The number of anilines is 1. The highest BCUT2D eigenvalue weighted by molar-refractivity contribution is 5.98. The molecule has 1 aliphatic carbocycles. The highest BCUT2D eigenvalue weighted by atomic mass is 16.1. The van der Waals surface area contributed by atoms with Crippen molar-refractivity contribution < 1.29 is 7.65 Å². The van der Waals surface area contributed by atoms with Crippen molar-refractivity contribution in [3.8, 4) is 0 Å². The second-order valence-electron chi connectivity index (χ2n) is 9.42. The third kappa shape index (κ3) is 3.39. The minimum atomic E-state index is -0.0837. The molecule has 0 radical (unpaired) electrons. The summed E-state index contributed by atoms with van der Waals surface area (Å²) in [6.07, 6.45) is 7.25. The number of nitrogens with zero attached hydrogens (tertiary/aromatic N) is 3. The van der Waals surface area contributed by atoms with E-state index >= 15 is 0 Å². The first-order valence-corrected chi connectivity index (χ1v) is 10.9. The van der Waals surface area contributed by atoms with Gasteiger partial charge in [-0.15, -0.1) is 0 Å². The number of fused-ring (bicyclic) bond motifs is 2. The van der Waals surface area contributed by atoms with Crippen molar-refractivity contribution in [2.45, 2.75) is 44.6 Å². The van der Waals surface area contributed by atoms with Crippen molar-refractivity contribution in [1.82, 2.24) is 20.2 Å². The van der Waals surface area contributed by atoms with Gasteiger partial charge in [0, 0.05) is 44.6 Å². The summed E-state index contributed by atoms with van der Waals surface area (Å²) < 4.78 is 0. The monoisotopic (exact) mass is 407 g/mol. The van der Waals surface area contributed by atoms with Crippen LogP contribution in [0.4, 0.5) is 5.95 Å². The van der Waals surface area contributed by atoms with Crippen LogP contribution in [0.25, 0.3) is 5.57 Å². The van der Waals surface area contributed by atoms with Gasteiger partial charge in [0.1, 0.15) is 0 Å². The van der Waals surface area contributed by atoms with Gasteiger partial charge in [0.05, 0.1) is 5.69 Å². The lowest BCUT2D eigenvalue weighted by molar-refractivity contribution is 0.0930. The van der Waals surface area contributed by atoms with Crippen LogP contribution < -0.4 is 10.6 Å². The van der Waals surface area contributed by atoms with Gasteiger partial charge in [0.25, 0.3) is 5.91 Å². The molecule has 3 aliphatic rings. The van der Waals surface area contributed by atoms with Gasteiger partial charge < -0.3 is 15.5 Å². The molecule has 0 bridgehead atoms. The molecule has 1 saturated heterocycles. The van der Waals surface area contributed by atoms with E-state index in [1.165, 1.54) is 5.57 Å². The van der Waals surface area contributed by atoms with Crippen LogP contribution in [0.2, 0.25) is 0 Å². The highest BCUT2D eigenvalue weighted by Gasteiger charge is 2.32.